The number of carboxylic acids is 1. The van der Waals surface area contributed by atoms with Gasteiger partial charge in [0.15, 0.2) is 0 Å². The van der Waals surface area contributed by atoms with Crippen LogP contribution in [0.25, 0.3) is 0 Å². The highest BCUT2D eigenvalue weighted by Gasteiger charge is 2.31. The third-order valence-corrected chi connectivity index (χ3v) is 1.39. The summed E-state index contributed by atoms with van der Waals surface area (Å²) in [5.41, 5.74) is 0. The lowest BCUT2D eigenvalue weighted by molar-refractivity contribution is -0.154. The standard InChI is InChI=1S/C7H12F3NO3/c8-7(9,10)5-11(2-1-3-12)4-6(13)14/h12H,1-5H2,(H,13,14). The van der Waals surface area contributed by atoms with Crippen molar-refractivity contribution in [1.82, 2.24) is 4.90 Å². The molecule has 0 radical (unpaired) electrons. The van der Waals surface area contributed by atoms with E-state index in [1.165, 1.54) is 0 Å². The van der Waals surface area contributed by atoms with Crippen molar-refractivity contribution in [2.75, 3.05) is 26.2 Å². The van der Waals surface area contributed by atoms with E-state index in [0.717, 1.165) is 4.90 Å². The van der Waals surface area contributed by atoms with Crippen LogP contribution < -0.4 is 0 Å². The molecule has 4 nitrogen and oxygen atoms in total. The minimum Gasteiger partial charge on any atom is -0.480 e. The molecule has 0 rings (SSSR count). The average molecular weight is 215 g/mol. The van der Waals surface area contributed by atoms with Gasteiger partial charge in [0.2, 0.25) is 0 Å². The smallest absolute Gasteiger partial charge is 0.401 e. The molecule has 0 aromatic rings. The number of aliphatic hydroxyl groups is 1. The predicted octanol–water partition coefficient (Wildman–Crippen LogP) is 0.318. The molecule has 0 amide bonds. The van der Waals surface area contributed by atoms with Gasteiger partial charge in [0.25, 0.3) is 0 Å². The minimum absolute atomic E-state index is 0.0810. The topological polar surface area (TPSA) is 60.8 Å². The Kier molecular flexibility index (Phi) is 5.47. The van der Waals surface area contributed by atoms with Gasteiger partial charge < -0.3 is 10.2 Å². The second kappa shape index (κ2) is 5.82. The van der Waals surface area contributed by atoms with Crippen LogP contribution in [0.4, 0.5) is 13.2 Å². The molecule has 0 unspecified atom stereocenters. The van der Waals surface area contributed by atoms with E-state index < -0.39 is 25.2 Å². The van der Waals surface area contributed by atoms with E-state index in [1.807, 2.05) is 0 Å². The summed E-state index contributed by atoms with van der Waals surface area (Å²) >= 11 is 0. The van der Waals surface area contributed by atoms with Gasteiger partial charge in [-0.2, -0.15) is 13.2 Å². The summed E-state index contributed by atoms with van der Waals surface area (Å²) in [4.78, 5) is 10.9. The zero-order chi connectivity index (χ0) is 11.2. The first kappa shape index (κ1) is 13.2. The van der Waals surface area contributed by atoms with Crippen molar-refractivity contribution >= 4 is 5.97 Å². The second-order valence-corrected chi connectivity index (χ2v) is 2.80. The van der Waals surface area contributed by atoms with Crippen LogP contribution in [0, 0.1) is 0 Å². The third kappa shape index (κ3) is 7.81. The van der Waals surface area contributed by atoms with Gasteiger partial charge in [-0.1, -0.05) is 0 Å². The number of hydrogen-bond donors (Lipinski definition) is 2. The van der Waals surface area contributed by atoms with Gasteiger partial charge in [0, 0.05) is 13.2 Å². The fraction of sp³-hybridized carbons (Fsp3) is 0.857. The maximum atomic E-state index is 11.9. The number of alkyl halides is 3. The third-order valence-electron chi connectivity index (χ3n) is 1.39. The number of rotatable bonds is 6. The van der Waals surface area contributed by atoms with Crippen LogP contribution in [-0.2, 0) is 4.79 Å². The van der Waals surface area contributed by atoms with Gasteiger partial charge >= 0.3 is 12.1 Å². The molecular formula is C7H12F3NO3. The van der Waals surface area contributed by atoms with Crippen LogP contribution in [0.1, 0.15) is 6.42 Å². The van der Waals surface area contributed by atoms with E-state index in [2.05, 4.69) is 0 Å². The number of halogens is 3. The summed E-state index contributed by atoms with van der Waals surface area (Å²) in [6.45, 7) is -2.27. The van der Waals surface area contributed by atoms with Crippen molar-refractivity contribution < 1.29 is 28.2 Å². The number of nitrogens with zero attached hydrogens (tertiary/aromatic N) is 1. The summed E-state index contributed by atoms with van der Waals surface area (Å²) in [5.74, 6) is -1.31. The van der Waals surface area contributed by atoms with Crippen LogP contribution in [0.15, 0.2) is 0 Å². The first-order valence-electron chi connectivity index (χ1n) is 3.97. The van der Waals surface area contributed by atoms with Crippen molar-refractivity contribution in [3.8, 4) is 0 Å². The van der Waals surface area contributed by atoms with Gasteiger partial charge in [-0.25, -0.2) is 0 Å². The van der Waals surface area contributed by atoms with Crippen LogP contribution in [0.5, 0.6) is 0 Å². The largest absolute Gasteiger partial charge is 0.480 e. The Morgan fingerprint density at radius 1 is 1.36 bits per heavy atom. The zero-order valence-electron chi connectivity index (χ0n) is 7.42. The van der Waals surface area contributed by atoms with Crippen LogP contribution in [0.3, 0.4) is 0 Å². The Balaban J connectivity index is 4.03. The maximum absolute atomic E-state index is 11.9. The fourth-order valence-electron chi connectivity index (χ4n) is 0.953. The van der Waals surface area contributed by atoms with E-state index in [1.54, 1.807) is 0 Å². The highest BCUT2D eigenvalue weighted by atomic mass is 19.4. The molecule has 0 fully saturated rings. The first-order chi connectivity index (χ1) is 6.35. The van der Waals surface area contributed by atoms with Crippen molar-refractivity contribution in [3.05, 3.63) is 0 Å². The normalized spacial score (nSPS) is 12.1. The molecule has 0 spiro atoms. The Morgan fingerprint density at radius 3 is 2.29 bits per heavy atom. The number of aliphatic carboxylic acids is 1. The monoisotopic (exact) mass is 215 g/mol. The molecule has 0 aliphatic rings. The molecule has 2 N–H and O–H groups in total. The molecule has 0 aromatic carbocycles. The molecule has 0 aliphatic carbocycles. The van der Waals surface area contributed by atoms with Crippen LogP contribution in [-0.4, -0.2) is 53.5 Å². The van der Waals surface area contributed by atoms with Gasteiger partial charge in [-0.15, -0.1) is 0 Å². The molecule has 0 aromatic heterocycles. The van der Waals surface area contributed by atoms with E-state index in [9.17, 15) is 18.0 Å². The Morgan fingerprint density at radius 2 is 1.93 bits per heavy atom. The van der Waals surface area contributed by atoms with Gasteiger partial charge in [0.05, 0.1) is 13.1 Å². The molecule has 14 heavy (non-hydrogen) atoms. The minimum atomic E-state index is -4.41. The molecule has 0 aliphatic heterocycles. The van der Waals surface area contributed by atoms with Crippen molar-refractivity contribution in [2.24, 2.45) is 0 Å². The van der Waals surface area contributed by atoms with E-state index >= 15 is 0 Å². The quantitative estimate of drug-likeness (QED) is 0.669. The summed E-state index contributed by atoms with van der Waals surface area (Å²) in [7, 11) is 0. The molecule has 0 saturated heterocycles. The lowest BCUT2D eigenvalue weighted by Crippen LogP contribution is -2.38. The van der Waals surface area contributed by atoms with Crippen molar-refractivity contribution in [2.45, 2.75) is 12.6 Å². The molecule has 0 saturated carbocycles. The summed E-state index contributed by atoms with van der Waals surface area (Å²) in [5, 5.41) is 16.7. The van der Waals surface area contributed by atoms with Crippen molar-refractivity contribution in [3.63, 3.8) is 0 Å². The predicted molar refractivity (Wildman–Crippen MR) is 41.8 cm³/mol. The Bertz CT molecular complexity index is 184. The SMILES string of the molecule is O=C(O)CN(CCCO)CC(F)(F)F. The lowest BCUT2D eigenvalue weighted by atomic mass is 10.3. The van der Waals surface area contributed by atoms with Crippen molar-refractivity contribution in [1.29, 1.82) is 0 Å². The van der Waals surface area contributed by atoms with E-state index in [-0.39, 0.29) is 19.6 Å². The maximum Gasteiger partial charge on any atom is 0.401 e. The van der Waals surface area contributed by atoms with Crippen LogP contribution >= 0.6 is 0 Å². The first-order valence-corrected chi connectivity index (χ1v) is 3.97. The fourth-order valence-corrected chi connectivity index (χ4v) is 0.953. The molecular weight excluding hydrogens is 203 g/mol. The average Bonchev–Trinajstić information content (AvgIpc) is 1.96. The van der Waals surface area contributed by atoms with Gasteiger partial charge in [-0.3, -0.25) is 9.69 Å². The number of hydrogen-bond acceptors (Lipinski definition) is 3. The number of carboxylic acid groups (broad SMARTS) is 1. The van der Waals surface area contributed by atoms with Gasteiger partial charge in [0.1, 0.15) is 0 Å². The molecule has 7 heteroatoms. The second-order valence-electron chi connectivity index (χ2n) is 2.80. The van der Waals surface area contributed by atoms with E-state index in [4.69, 9.17) is 10.2 Å². The molecule has 0 atom stereocenters. The zero-order valence-corrected chi connectivity index (χ0v) is 7.42. The highest BCUT2D eigenvalue weighted by molar-refractivity contribution is 5.69. The molecule has 0 heterocycles. The van der Waals surface area contributed by atoms with Crippen LogP contribution in [0.2, 0.25) is 0 Å². The van der Waals surface area contributed by atoms with Gasteiger partial charge in [-0.05, 0) is 6.42 Å². The highest BCUT2D eigenvalue weighted by Crippen LogP contribution is 2.16. The summed E-state index contributed by atoms with van der Waals surface area (Å²) < 4.78 is 35.7. The number of aliphatic hydroxyl groups excluding tert-OH is 1. The Labute approximate surface area is 78.9 Å². The molecule has 84 valence electrons. The summed E-state index contributed by atoms with van der Waals surface area (Å²) in [6, 6.07) is 0. The Hall–Kier alpha value is -0.820. The lowest BCUT2D eigenvalue weighted by Gasteiger charge is -2.20. The van der Waals surface area contributed by atoms with E-state index in [0.29, 0.717) is 0 Å². The number of carbonyl (C=O) groups is 1. The summed E-state index contributed by atoms with van der Waals surface area (Å²) in [6.07, 6.45) is -4.28. The molecule has 0 bridgehead atoms.